The van der Waals surface area contributed by atoms with E-state index >= 15 is 0 Å². The predicted molar refractivity (Wildman–Crippen MR) is 97.9 cm³/mol. The molecule has 0 spiro atoms. The minimum absolute atomic E-state index is 0.124. The summed E-state index contributed by atoms with van der Waals surface area (Å²) in [7, 11) is 0. The van der Waals surface area contributed by atoms with Gasteiger partial charge in [-0.15, -0.1) is 0 Å². The highest BCUT2D eigenvalue weighted by molar-refractivity contribution is 5.93. The fourth-order valence-corrected chi connectivity index (χ4v) is 2.40. The zero-order valence-corrected chi connectivity index (χ0v) is 15.2. The van der Waals surface area contributed by atoms with Crippen LogP contribution in [0.2, 0.25) is 0 Å². The van der Waals surface area contributed by atoms with Crippen molar-refractivity contribution in [2.75, 3.05) is 13.2 Å². The first-order valence-corrected chi connectivity index (χ1v) is 8.60. The molecule has 8 heteroatoms. The molecule has 1 aromatic heterocycles. The van der Waals surface area contributed by atoms with Gasteiger partial charge in [0.2, 0.25) is 0 Å². The molecule has 144 valence electrons. The third kappa shape index (κ3) is 4.94. The van der Waals surface area contributed by atoms with Gasteiger partial charge in [-0.05, 0) is 22.4 Å². The van der Waals surface area contributed by atoms with Gasteiger partial charge in [0.1, 0.15) is 11.3 Å². The molecule has 0 atom stereocenters. The van der Waals surface area contributed by atoms with E-state index in [2.05, 4.69) is 10.3 Å². The van der Waals surface area contributed by atoms with Gasteiger partial charge in [-0.1, -0.05) is 42.5 Å². The van der Waals surface area contributed by atoms with Crippen molar-refractivity contribution in [2.24, 2.45) is 0 Å². The molecule has 0 saturated carbocycles. The fraction of sp³-hybridized carbons (Fsp3) is 0.200. The van der Waals surface area contributed by atoms with Crippen molar-refractivity contribution < 1.29 is 28.4 Å². The maximum absolute atomic E-state index is 12.2. The number of hydrogen-bond donors (Lipinski definition) is 0. The molecule has 3 rings (SSSR count). The van der Waals surface area contributed by atoms with Gasteiger partial charge in [0.25, 0.3) is 5.88 Å². The molecule has 0 amide bonds. The summed E-state index contributed by atoms with van der Waals surface area (Å²) in [6, 6.07) is 15.8. The SMILES string of the molecule is CC(=O)Oc1ccccc1C(=O)OCCCOc1nonc1-c1ccccc1. The molecule has 0 aliphatic rings. The summed E-state index contributed by atoms with van der Waals surface area (Å²) in [5, 5.41) is 7.60. The molecule has 0 bridgehead atoms. The molecular formula is C20H18N2O6. The molecule has 3 aromatic rings. The zero-order valence-electron chi connectivity index (χ0n) is 15.2. The summed E-state index contributed by atoms with van der Waals surface area (Å²) in [4.78, 5) is 23.3. The summed E-state index contributed by atoms with van der Waals surface area (Å²) in [6.45, 7) is 1.65. The molecule has 0 unspecified atom stereocenters. The monoisotopic (exact) mass is 382 g/mol. The minimum atomic E-state index is -0.579. The summed E-state index contributed by atoms with van der Waals surface area (Å²) in [6.07, 6.45) is 0.433. The number of ether oxygens (including phenoxy) is 3. The molecule has 0 aliphatic heterocycles. The maximum Gasteiger partial charge on any atom is 0.341 e. The molecule has 0 N–H and O–H groups in total. The molecular weight excluding hydrogens is 364 g/mol. The topological polar surface area (TPSA) is 101 Å². The van der Waals surface area contributed by atoms with Crippen LogP contribution in [0, 0.1) is 0 Å². The van der Waals surface area contributed by atoms with Gasteiger partial charge in [-0.25, -0.2) is 9.42 Å². The number of esters is 2. The Hall–Kier alpha value is -3.68. The second-order valence-corrected chi connectivity index (χ2v) is 5.71. The van der Waals surface area contributed by atoms with E-state index in [-0.39, 0.29) is 30.4 Å². The third-order valence-corrected chi connectivity index (χ3v) is 3.63. The van der Waals surface area contributed by atoms with E-state index in [4.69, 9.17) is 18.8 Å². The number of benzene rings is 2. The van der Waals surface area contributed by atoms with E-state index < -0.39 is 11.9 Å². The Morgan fingerprint density at radius 2 is 1.71 bits per heavy atom. The van der Waals surface area contributed by atoms with Crippen LogP contribution in [-0.4, -0.2) is 35.5 Å². The van der Waals surface area contributed by atoms with E-state index in [0.29, 0.717) is 12.1 Å². The van der Waals surface area contributed by atoms with Crippen molar-refractivity contribution in [1.29, 1.82) is 0 Å². The van der Waals surface area contributed by atoms with Gasteiger partial charge < -0.3 is 14.2 Å². The highest BCUT2D eigenvalue weighted by Gasteiger charge is 2.16. The first-order valence-electron chi connectivity index (χ1n) is 8.60. The van der Waals surface area contributed by atoms with Crippen LogP contribution < -0.4 is 9.47 Å². The summed E-state index contributed by atoms with van der Waals surface area (Å²) < 4.78 is 20.5. The number of para-hydroxylation sites is 1. The molecule has 2 aromatic carbocycles. The van der Waals surface area contributed by atoms with Crippen molar-refractivity contribution in [1.82, 2.24) is 10.3 Å². The average Bonchev–Trinajstić information content (AvgIpc) is 3.17. The van der Waals surface area contributed by atoms with E-state index in [9.17, 15) is 9.59 Å². The molecule has 1 heterocycles. The lowest BCUT2D eigenvalue weighted by Gasteiger charge is -2.09. The minimum Gasteiger partial charge on any atom is -0.474 e. The smallest absolute Gasteiger partial charge is 0.341 e. The molecule has 0 aliphatic carbocycles. The van der Waals surface area contributed by atoms with Gasteiger partial charge in [-0.3, -0.25) is 4.79 Å². The number of aromatic nitrogens is 2. The number of rotatable bonds is 8. The van der Waals surface area contributed by atoms with Gasteiger partial charge in [0.05, 0.1) is 13.2 Å². The van der Waals surface area contributed by atoms with E-state index in [1.54, 1.807) is 12.1 Å². The van der Waals surface area contributed by atoms with Crippen LogP contribution in [-0.2, 0) is 9.53 Å². The maximum atomic E-state index is 12.2. The first kappa shape index (κ1) is 19.1. The van der Waals surface area contributed by atoms with Gasteiger partial charge in [0, 0.05) is 18.9 Å². The summed E-state index contributed by atoms with van der Waals surface area (Å²) >= 11 is 0. The standard InChI is InChI=1S/C20H18N2O6/c1-14(23)27-17-11-6-5-10-16(17)20(24)26-13-7-12-25-19-18(21-28-22-19)15-8-3-2-4-9-15/h2-6,8-11H,7,12-13H2,1H3. The molecule has 0 radical (unpaired) electrons. The average molecular weight is 382 g/mol. The van der Waals surface area contributed by atoms with Crippen molar-refractivity contribution in [3.05, 3.63) is 60.2 Å². The Morgan fingerprint density at radius 1 is 0.964 bits per heavy atom. The Bertz CT molecular complexity index is 939. The lowest BCUT2D eigenvalue weighted by molar-refractivity contribution is -0.131. The Labute approximate surface area is 161 Å². The highest BCUT2D eigenvalue weighted by Crippen LogP contribution is 2.25. The van der Waals surface area contributed by atoms with Gasteiger partial charge in [0.15, 0.2) is 5.69 Å². The van der Waals surface area contributed by atoms with Crippen molar-refractivity contribution >= 4 is 11.9 Å². The normalized spacial score (nSPS) is 10.3. The molecule has 0 fully saturated rings. The summed E-state index contributed by atoms with van der Waals surface area (Å²) in [5.41, 5.74) is 1.52. The van der Waals surface area contributed by atoms with E-state index in [1.165, 1.54) is 19.1 Å². The van der Waals surface area contributed by atoms with Crippen molar-refractivity contribution in [3.8, 4) is 22.9 Å². The van der Waals surface area contributed by atoms with Crippen LogP contribution in [0.4, 0.5) is 0 Å². The van der Waals surface area contributed by atoms with Crippen LogP contribution >= 0.6 is 0 Å². The zero-order chi connectivity index (χ0) is 19.8. The Kier molecular flexibility index (Phi) is 6.35. The molecule has 28 heavy (non-hydrogen) atoms. The fourth-order valence-electron chi connectivity index (χ4n) is 2.40. The first-order chi connectivity index (χ1) is 13.6. The third-order valence-electron chi connectivity index (χ3n) is 3.63. The molecule has 8 nitrogen and oxygen atoms in total. The van der Waals surface area contributed by atoms with Gasteiger partial charge >= 0.3 is 11.9 Å². The molecule has 0 saturated heterocycles. The van der Waals surface area contributed by atoms with E-state index in [1.807, 2.05) is 30.3 Å². The number of carbonyl (C=O) groups is 2. The van der Waals surface area contributed by atoms with Crippen LogP contribution in [0.3, 0.4) is 0 Å². The summed E-state index contributed by atoms with van der Waals surface area (Å²) in [5.74, 6) is -0.649. The van der Waals surface area contributed by atoms with Gasteiger partial charge in [-0.2, -0.15) is 0 Å². The highest BCUT2D eigenvalue weighted by atomic mass is 16.6. The van der Waals surface area contributed by atoms with Crippen LogP contribution in [0.25, 0.3) is 11.3 Å². The Balaban J connectivity index is 1.48. The quantitative estimate of drug-likeness (QED) is 0.332. The van der Waals surface area contributed by atoms with Crippen LogP contribution in [0.5, 0.6) is 11.6 Å². The Morgan fingerprint density at radius 3 is 2.50 bits per heavy atom. The lowest BCUT2D eigenvalue weighted by Crippen LogP contribution is -2.12. The van der Waals surface area contributed by atoms with Crippen molar-refractivity contribution in [3.63, 3.8) is 0 Å². The van der Waals surface area contributed by atoms with Crippen LogP contribution in [0.1, 0.15) is 23.7 Å². The number of hydrogen-bond acceptors (Lipinski definition) is 8. The van der Waals surface area contributed by atoms with Crippen LogP contribution in [0.15, 0.2) is 59.2 Å². The largest absolute Gasteiger partial charge is 0.474 e. The van der Waals surface area contributed by atoms with Crippen molar-refractivity contribution in [2.45, 2.75) is 13.3 Å². The second-order valence-electron chi connectivity index (χ2n) is 5.71. The number of carbonyl (C=O) groups excluding carboxylic acids is 2. The predicted octanol–water partition coefficient (Wildman–Crippen LogP) is 3.29. The van der Waals surface area contributed by atoms with E-state index in [0.717, 1.165) is 5.56 Å². The lowest BCUT2D eigenvalue weighted by atomic mass is 10.2. The second kappa shape index (κ2) is 9.31. The number of nitrogens with zero attached hydrogens (tertiary/aromatic N) is 2.